The summed E-state index contributed by atoms with van der Waals surface area (Å²) in [4.78, 5) is 23.5. The number of ether oxygens (including phenoxy) is 1. The Hall–Kier alpha value is -2.47. The van der Waals surface area contributed by atoms with E-state index in [4.69, 9.17) is 4.74 Å². The molecule has 6 heteroatoms. The highest BCUT2D eigenvalue weighted by atomic mass is 16.5. The van der Waals surface area contributed by atoms with Crippen LogP contribution in [0.3, 0.4) is 0 Å². The third-order valence-corrected chi connectivity index (χ3v) is 5.81. The van der Waals surface area contributed by atoms with Gasteiger partial charge < -0.3 is 10.1 Å². The van der Waals surface area contributed by atoms with Crippen molar-refractivity contribution < 1.29 is 9.53 Å². The minimum Gasteiger partial charge on any atom is -0.385 e. The zero-order chi connectivity index (χ0) is 17.6. The summed E-state index contributed by atoms with van der Waals surface area (Å²) in [7, 11) is 0. The van der Waals surface area contributed by atoms with E-state index in [1.807, 2.05) is 0 Å². The number of aromatic nitrogens is 2. The number of carbonyl (C=O) groups is 1. The molecule has 1 aromatic heterocycles. The molecule has 1 amide bonds. The summed E-state index contributed by atoms with van der Waals surface area (Å²) in [6.45, 7) is 2.24. The number of fused-ring (bicyclic) bond motifs is 2. The second kappa shape index (κ2) is 6.06. The molecule has 2 aromatic rings. The normalized spacial score (nSPS) is 21.1. The summed E-state index contributed by atoms with van der Waals surface area (Å²) in [5.74, 6) is 0.921. The highest BCUT2D eigenvalue weighted by Crippen LogP contribution is 2.51. The molecule has 0 bridgehead atoms. The fourth-order valence-corrected chi connectivity index (χ4v) is 4.11. The Morgan fingerprint density at radius 2 is 1.96 bits per heavy atom. The van der Waals surface area contributed by atoms with E-state index < -0.39 is 5.41 Å². The number of anilines is 3. The van der Waals surface area contributed by atoms with Gasteiger partial charge in [0.1, 0.15) is 6.33 Å². The van der Waals surface area contributed by atoms with Gasteiger partial charge in [0, 0.05) is 25.4 Å². The summed E-state index contributed by atoms with van der Waals surface area (Å²) in [6, 6.07) is 6.30. The molecule has 1 spiro atoms. The first-order valence-electron chi connectivity index (χ1n) is 9.34. The molecule has 3 heterocycles. The minimum absolute atomic E-state index is 0.116. The smallest absolute Gasteiger partial charge is 0.242 e. The third kappa shape index (κ3) is 2.48. The van der Waals surface area contributed by atoms with E-state index in [9.17, 15) is 4.79 Å². The quantitative estimate of drug-likeness (QED) is 0.918. The van der Waals surface area contributed by atoms with Gasteiger partial charge in [-0.15, -0.1) is 0 Å². The Bertz CT molecular complexity index is 829. The van der Waals surface area contributed by atoms with E-state index in [1.54, 1.807) is 17.3 Å². The van der Waals surface area contributed by atoms with Crippen molar-refractivity contribution in [2.75, 3.05) is 30.0 Å². The molecule has 134 valence electrons. The van der Waals surface area contributed by atoms with Crippen LogP contribution in [0.1, 0.15) is 31.2 Å². The van der Waals surface area contributed by atoms with Gasteiger partial charge in [-0.3, -0.25) is 9.69 Å². The maximum absolute atomic E-state index is 13.5. The van der Waals surface area contributed by atoms with Crippen LogP contribution in [0.5, 0.6) is 0 Å². The van der Waals surface area contributed by atoms with Gasteiger partial charge >= 0.3 is 0 Å². The van der Waals surface area contributed by atoms with Crippen molar-refractivity contribution in [3.63, 3.8) is 0 Å². The summed E-state index contributed by atoms with van der Waals surface area (Å²) in [5.41, 5.74) is 3.38. The number of nitrogens with one attached hydrogen (secondary N) is 1. The molecule has 26 heavy (non-hydrogen) atoms. The molecule has 2 fully saturated rings. The first kappa shape index (κ1) is 15.8. The fourth-order valence-electron chi connectivity index (χ4n) is 4.11. The zero-order valence-corrected chi connectivity index (χ0v) is 14.6. The van der Waals surface area contributed by atoms with Crippen molar-refractivity contribution in [2.24, 2.45) is 5.92 Å². The molecule has 1 aliphatic carbocycles. The Morgan fingerprint density at radius 1 is 1.19 bits per heavy atom. The van der Waals surface area contributed by atoms with Crippen LogP contribution < -0.4 is 10.2 Å². The average molecular weight is 350 g/mol. The number of benzene rings is 1. The lowest BCUT2D eigenvalue weighted by molar-refractivity contribution is -0.125. The molecule has 0 atom stereocenters. The predicted molar refractivity (Wildman–Crippen MR) is 98.6 cm³/mol. The van der Waals surface area contributed by atoms with Crippen molar-refractivity contribution in [2.45, 2.75) is 31.1 Å². The average Bonchev–Trinajstić information content (AvgIpc) is 3.50. The van der Waals surface area contributed by atoms with Gasteiger partial charge in [-0.25, -0.2) is 9.97 Å². The Balaban J connectivity index is 1.58. The van der Waals surface area contributed by atoms with Crippen LogP contribution in [0, 0.1) is 5.92 Å². The van der Waals surface area contributed by atoms with Gasteiger partial charge in [0.2, 0.25) is 5.91 Å². The molecular weight excluding hydrogens is 328 g/mol. The van der Waals surface area contributed by atoms with Crippen LogP contribution in [0.2, 0.25) is 0 Å². The van der Waals surface area contributed by atoms with Crippen molar-refractivity contribution in [3.05, 3.63) is 42.5 Å². The maximum Gasteiger partial charge on any atom is 0.242 e. The summed E-state index contributed by atoms with van der Waals surface area (Å²) < 4.78 is 5.57. The molecule has 6 nitrogen and oxygen atoms in total. The van der Waals surface area contributed by atoms with Crippen LogP contribution in [0.4, 0.5) is 17.1 Å². The van der Waals surface area contributed by atoms with Crippen molar-refractivity contribution in [1.82, 2.24) is 9.97 Å². The van der Waals surface area contributed by atoms with E-state index in [1.165, 1.54) is 19.2 Å². The number of hydrogen-bond donors (Lipinski definition) is 1. The zero-order valence-electron chi connectivity index (χ0n) is 14.6. The van der Waals surface area contributed by atoms with Crippen molar-refractivity contribution in [1.29, 1.82) is 0 Å². The Morgan fingerprint density at radius 3 is 2.69 bits per heavy atom. The summed E-state index contributed by atoms with van der Waals surface area (Å²) in [6.07, 6.45) is 8.96. The molecule has 3 aliphatic rings. The van der Waals surface area contributed by atoms with Crippen LogP contribution >= 0.6 is 0 Å². The van der Waals surface area contributed by atoms with E-state index in [0.717, 1.165) is 47.9 Å². The fraction of sp³-hybridized carbons (Fsp3) is 0.450. The SMILES string of the molecule is O=C1N(c2cncnc2)c2ccc(NCC3CC3)cc2C12CCOCC2. The third-order valence-electron chi connectivity index (χ3n) is 5.81. The topological polar surface area (TPSA) is 67.4 Å². The number of hydrogen-bond acceptors (Lipinski definition) is 5. The number of nitrogens with zero attached hydrogens (tertiary/aromatic N) is 3. The lowest BCUT2D eigenvalue weighted by atomic mass is 9.75. The Labute approximate surface area is 152 Å². The summed E-state index contributed by atoms with van der Waals surface area (Å²) >= 11 is 0. The highest BCUT2D eigenvalue weighted by Gasteiger charge is 2.52. The van der Waals surface area contributed by atoms with E-state index >= 15 is 0 Å². The summed E-state index contributed by atoms with van der Waals surface area (Å²) in [5, 5.41) is 3.54. The second-order valence-electron chi connectivity index (χ2n) is 7.49. The molecule has 0 unspecified atom stereocenters. The van der Waals surface area contributed by atoms with Gasteiger partial charge in [-0.2, -0.15) is 0 Å². The van der Waals surface area contributed by atoms with Gasteiger partial charge in [-0.05, 0) is 55.4 Å². The molecule has 1 N–H and O–H groups in total. The minimum atomic E-state index is -0.499. The molecule has 5 rings (SSSR count). The molecule has 2 aliphatic heterocycles. The monoisotopic (exact) mass is 350 g/mol. The van der Waals surface area contributed by atoms with E-state index in [2.05, 4.69) is 33.5 Å². The molecule has 1 saturated heterocycles. The van der Waals surface area contributed by atoms with Crippen molar-refractivity contribution in [3.8, 4) is 0 Å². The van der Waals surface area contributed by atoms with Gasteiger partial charge in [0.25, 0.3) is 0 Å². The lowest BCUT2D eigenvalue weighted by Gasteiger charge is -2.32. The predicted octanol–water partition coefficient (Wildman–Crippen LogP) is 3.03. The van der Waals surface area contributed by atoms with Gasteiger partial charge in [-0.1, -0.05) is 0 Å². The highest BCUT2D eigenvalue weighted by molar-refractivity contribution is 6.13. The van der Waals surface area contributed by atoms with E-state index in [0.29, 0.717) is 13.2 Å². The largest absolute Gasteiger partial charge is 0.385 e. The van der Waals surface area contributed by atoms with Crippen molar-refractivity contribution >= 4 is 23.0 Å². The standard InChI is InChI=1S/C20H22N4O2/c25-19-20(5-7-26-8-6-20)17-9-15(23-10-14-1-2-14)3-4-18(17)24(19)16-11-21-13-22-12-16/h3-4,9,11-14,23H,1-2,5-8,10H2. The number of carbonyl (C=O) groups excluding carboxylic acids is 1. The first-order valence-corrected chi connectivity index (χ1v) is 9.34. The second-order valence-corrected chi connectivity index (χ2v) is 7.49. The van der Waals surface area contributed by atoms with Crippen LogP contribution in [-0.2, 0) is 14.9 Å². The van der Waals surface area contributed by atoms with Crippen LogP contribution in [0.15, 0.2) is 36.9 Å². The first-order chi connectivity index (χ1) is 12.8. The van der Waals surface area contributed by atoms with Gasteiger partial charge in [0.15, 0.2) is 0 Å². The molecule has 0 radical (unpaired) electrons. The van der Waals surface area contributed by atoms with Crippen LogP contribution in [-0.4, -0.2) is 35.6 Å². The molecule has 1 saturated carbocycles. The van der Waals surface area contributed by atoms with Gasteiger partial charge in [0.05, 0.1) is 29.2 Å². The van der Waals surface area contributed by atoms with Crippen LogP contribution in [0.25, 0.3) is 0 Å². The lowest BCUT2D eigenvalue weighted by Crippen LogP contribution is -2.42. The molecule has 1 aromatic carbocycles. The number of rotatable bonds is 4. The molecular formula is C20H22N4O2. The Kier molecular flexibility index (Phi) is 3.67. The van der Waals surface area contributed by atoms with E-state index in [-0.39, 0.29) is 5.91 Å². The number of amides is 1. The maximum atomic E-state index is 13.5.